The molecule has 1 atom stereocenters. The van der Waals surface area contributed by atoms with Gasteiger partial charge in [-0.15, -0.1) is 0 Å². The molecule has 140 valence electrons. The Labute approximate surface area is 150 Å². The van der Waals surface area contributed by atoms with E-state index in [1.165, 1.54) is 12.1 Å². The first-order valence-electron chi connectivity index (χ1n) is 8.83. The van der Waals surface area contributed by atoms with Gasteiger partial charge >= 0.3 is 0 Å². The van der Waals surface area contributed by atoms with Crippen LogP contribution < -0.4 is 15.8 Å². The second-order valence-electron chi connectivity index (χ2n) is 7.36. The fourth-order valence-electron chi connectivity index (χ4n) is 2.90. The van der Waals surface area contributed by atoms with Gasteiger partial charge in [0, 0.05) is 18.2 Å². The molecule has 0 saturated heterocycles. The van der Waals surface area contributed by atoms with E-state index in [4.69, 9.17) is 5.73 Å². The molecule has 4 N–H and O–H groups in total. The summed E-state index contributed by atoms with van der Waals surface area (Å²) < 4.78 is 27.8. The van der Waals surface area contributed by atoms with Gasteiger partial charge in [0.2, 0.25) is 10.0 Å². The van der Waals surface area contributed by atoms with Gasteiger partial charge in [-0.05, 0) is 43.9 Å². The lowest BCUT2D eigenvalue weighted by molar-refractivity contribution is 0.0883. The highest BCUT2D eigenvalue weighted by Crippen LogP contribution is 2.21. The van der Waals surface area contributed by atoms with Crippen LogP contribution in [-0.4, -0.2) is 32.5 Å². The van der Waals surface area contributed by atoms with Crippen molar-refractivity contribution in [3.63, 3.8) is 0 Å². The Kier molecular flexibility index (Phi) is 6.24. The number of benzene rings is 1. The first-order valence-corrected chi connectivity index (χ1v) is 10.3. The number of nitrogens with two attached hydrogens (primary N) is 1. The molecule has 25 heavy (non-hydrogen) atoms. The van der Waals surface area contributed by atoms with E-state index in [9.17, 15) is 13.2 Å². The molecule has 1 fully saturated rings. The van der Waals surface area contributed by atoms with E-state index >= 15 is 0 Å². The fourth-order valence-corrected chi connectivity index (χ4v) is 4.25. The Hall–Kier alpha value is -1.44. The van der Waals surface area contributed by atoms with Crippen molar-refractivity contribution in [3.8, 4) is 0 Å². The molecule has 1 aliphatic rings. The first kappa shape index (κ1) is 19.9. The molecule has 7 heteroatoms. The number of nitrogens with one attached hydrogen (secondary N) is 2. The zero-order chi connectivity index (χ0) is 18.7. The number of rotatable bonds is 7. The minimum absolute atomic E-state index is 0.0102. The molecular formula is C18H29N3O3S. The average Bonchev–Trinajstić information content (AvgIpc) is 3.06. The largest absolute Gasteiger partial charge is 0.345 e. The molecule has 1 unspecified atom stereocenters. The van der Waals surface area contributed by atoms with E-state index in [1.54, 1.807) is 12.1 Å². The van der Waals surface area contributed by atoms with Gasteiger partial charge in [0.1, 0.15) is 0 Å². The van der Waals surface area contributed by atoms with Crippen LogP contribution in [0.15, 0.2) is 29.2 Å². The van der Waals surface area contributed by atoms with Gasteiger partial charge in [-0.2, -0.15) is 0 Å². The van der Waals surface area contributed by atoms with Gasteiger partial charge in [0.05, 0.1) is 10.4 Å². The summed E-state index contributed by atoms with van der Waals surface area (Å²) in [5.41, 5.74) is 5.57. The molecule has 0 radical (unpaired) electrons. The van der Waals surface area contributed by atoms with Crippen LogP contribution in [0.2, 0.25) is 0 Å². The summed E-state index contributed by atoms with van der Waals surface area (Å²) in [5, 5.41) is 2.93. The van der Waals surface area contributed by atoms with Gasteiger partial charge in [0.15, 0.2) is 0 Å². The predicted octanol–water partition coefficient (Wildman–Crippen LogP) is 2.01. The summed E-state index contributed by atoms with van der Waals surface area (Å²) >= 11 is 0. The summed E-state index contributed by atoms with van der Waals surface area (Å²) in [6.07, 6.45) is 3.82. The molecule has 1 saturated carbocycles. The zero-order valence-corrected chi connectivity index (χ0v) is 16.0. The zero-order valence-electron chi connectivity index (χ0n) is 15.2. The number of amides is 1. The molecule has 1 aliphatic carbocycles. The molecule has 6 nitrogen and oxygen atoms in total. The maximum absolute atomic E-state index is 12.6. The SMILES string of the molecule is CC(C)C(C)(CN)NC(=O)c1cccc(S(=O)(=O)NC2CCCC2)c1. The Balaban J connectivity index is 2.18. The molecule has 0 bridgehead atoms. The van der Waals surface area contributed by atoms with Crippen LogP contribution in [-0.2, 0) is 10.0 Å². The highest BCUT2D eigenvalue weighted by Gasteiger charge is 2.29. The van der Waals surface area contributed by atoms with Crippen LogP contribution in [0.25, 0.3) is 0 Å². The van der Waals surface area contributed by atoms with Crippen LogP contribution >= 0.6 is 0 Å². The van der Waals surface area contributed by atoms with E-state index in [-0.39, 0.29) is 22.8 Å². The molecular weight excluding hydrogens is 338 g/mol. The number of carbonyl (C=O) groups excluding carboxylic acids is 1. The Morgan fingerprint density at radius 2 is 1.96 bits per heavy atom. The van der Waals surface area contributed by atoms with Crippen LogP contribution in [0.1, 0.15) is 56.8 Å². The maximum Gasteiger partial charge on any atom is 0.251 e. The van der Waals surface area contributed by atoms with Crippen molar-refractivity contribution >= 4 is 15.9 Å². The molecule has 0 aromatic heterocycles. The lowest BCUT2D eigenvalue weighted by Gasteiger charge is -2.33. The summed E-state index contributed by atoms with van der Waals surface area (Å²) in [4.78, 5) is 12.7. The minimum atomic E-state index is -3.62. The number of hydrogen-bond donors (Lipinski definition) is 3. The Bertz CT molecular complexity index is 712. The Morgan fingerprint density at radius 3 is 2.52 bits per heavy atom. The van der Waals surface area contributed by atoms with Gasteiger partial charge in [-0.3, -0.25) is 4.79 Å². The van der Waals surface area contributed by atoms with Crippen LogP contribution in [0.3, 0.4) is 0 Å². The van der Waals surface area contributed by atoms with Crippen molar-refractivity contribution in [2.45, 2.75) is 62.9 Å². The highest BCUT2D eigenvalue weighted by molar-refractivity contribution is 7.89. The molecule has 0 aliphatic heterocycles. The molecule has 0 heterocycles. The maximum atomic E-state index is 12.6. The monoisotopic (exact) mass is 367 g/mol. The van der Waals surface area contributed by atoms with Gasteiger partial charge < -0.3 is 11.1 Å². The normalized spacial score (nSPS) is 18.3. The smallest absolute Gasteiger partial charge is 0.251 e. The number of sulfonamides is 1. The van der Waals surface area contributed by atoms with Crippen molar-refractivity contribution in [2.24, 2.45) is 11.7 Å². The fraction of sp³-hybridized carbons (Fsp3) is 0.611. The van der Waals surface area contributed by atoms with Crippen molar-refractivity contribution < 1.29 is 13.2 Å². The third-order valence-electron chi connectivity index (χ3n) is 5.18. The number of carbonyl (C=O) groups is 1. The molecule has 1 aromatic rings. The van der Waals surface area contributed by atoms with Crippen molar-refractivity contribution in [1.82, 2.24) is 10.0 Å². The highest BCUT2D eigenvalue weighted by atomic mass is 32.2. The third kappa shape index (κ3) is 4.80. The van der Waals surface area contributed by atoms with Gasteiger partial charge in [-0.1, -0.05) is 32.8 Å². The van der Waals surface area contributed by atoms with Crippen molar-refractivity contribution in [1.29, 1.82) is 0 Å². The van der Waals surface area contributed by atoms with Crippen LogP contribution in [0.4, 0.5) is 0 Å². The third-order valence-corrected chi connectivity index (χ3v) is 6.70. The summed E-state index contributed by atoms with van der Waals surface area (Å²) in [6, 6.07) is 6.13. The summed E-state index contributed by atoms with van der Waals surface area (Å²) in [5.74, 6) is -0.169. The number of hydrogen-bond acceptors (Lipinski definition) is 4. The second-order valence-corrected chi connectivity index (χ2v) is 9.07. The summed E-state index contributed by atoms with van der Waals surface area (Å²) in [6.45, 7) is 6.16. The standard InChI is InChI=1S/C18H29N3O3S/c1-13(2)18(3,12-19)20-17(22)14-7-6-10-16(11-14)25(23,24)21-15-8-4-5-9-15/h6-7,10-11,13,15,21H,4-5,8-9,12,19H2,1-3H3,(H,20,22). The van der Waals surface area contributed by atoms with E-state index in [0.717, 1.165) is 25.7 Å². The van der Waals surface area contributed by atoms with Crippen LogP contribution in [0.5, 0.6) is 0 Å². The minimum Gasteiger partial charge on any atom is -0.345 e. The topological polar surface area (TPSA) is 101 Å². The molecule has 0 spiro atoms. The lowest BCUT2D eigenvalue weighted by atomic mass is 9.88. The predicted molar refractivity (Wildman–Crippen MR) is 98.8 cm³/mol. The second kappa shape index (κ2) is 7.85. The molecule has 2 rings (SSSR count). The lowest BCUT2D eigenvalue weighted by Crippen LogP contribution is -2.55. The first-order chi connectivity index (χ1) is 11.7. The van der Waals surface area contributed by atoms with Crippen molar-refractivity contribution in [3.05, 3.63) is 29.8 Å². The van der Waals surface area contributed by atoms with Gasteiger partial charge in [-0.25, -0.2) is 13.1 Å². The van der Waals surface area contributed by atoms with Crippen molar-refractivity contribution in [2.75, 3.05) is 6.54 Å². The van der Waals surface area contributed by atoms with E-state index in [2.05, 4.69) is 10.0 Å². The van der Waals surface area contributed by atoms with E-state index in [0.29, 0.717) is 12.1 Å². The van der Waals surface area contributed by atoms with Gasteiger partial charge in [0.25, 0.3) is 5.91 Å². The average molecular weight is 368 g/mol. The quantitative estimate of drug-likeness (QED) is 0.686. The van der Waals surface area contributed by atoms with Crippen LogP contribution in [0, 0.1) is 5.92 Å². The Morgan fingerprint density at radius 1 is 1.32 bits per heavy atom. The summed E-state index contributed by atoms with van der Waals surface area (Å²) in [7, 11) is -3.62. The van der Waals surface area contributed by atoms with E-state index < -0.39 is 15.6 Å². The molecule has 1 aromatic carbocycles. The molecule has 1 amide bonds. The van der Waals surface area contributed by atoms with E-state index in [1.807, 2.05) is 20.8 Å².